The molecule has 1 aromatic rings. The molecule has 0 heterocycles. The number of carbonyl (C=O) groups is 1. The highest BCUT2D eigenvalue weighted by Gasteiger charge is 2.18. The predicted octanol–water partition coefficient (Wildman–Crippen LogP) is 2.14. The number of urea groups is 1. The number of rotatable bonds is 6. The van der Waals surface area contributed by atoms with Crippen molar-refractivity contribution in [3.05, 3.63) is 29.6 Å². The second kappa shape index (κ2) is 7.83. The summed E-state index contributed by atoms with van der Waals surface area (Å²) in [4.78, 5) is 13.6. The highest BCUT2D eigenvalue weighted by molar-refractivity contribution is 5.74. The lowest BCUT2D eigenvalue weighted by Gasteiger charge is -2.28. The lowest BCUT2D eigenvalue weighted by atomic mass is 10.2. The predicted molar refractivity (Wildman–Crippen MR) is 78.7 cm³/mol. The average Bonchev–Trinajstić information content (AvgIpc) is 2.41. The Bertz CT molecular complexity index is 478. The summed E-state index contributed by atoms with van der Waals surface area (Å²) in [5.41, 5.74) is 0.641. The van der Waals surface area contributed by atoms with Crippen LogP contribution in [-0.4, -0.2) is 41.8 Å². The molecule has 1 rings (SSSR count). The Balaban J connectivity index is 2.64. The fraction of sp³-hybridized carbons (Fsp3) is 0.533. The molecule has 0 aliphatic carbocycles. The first-order chi connectivity index (χ1) is 9.85. The van der Waals surface area contributed by atoms with E-state index in [1.54, 1.807) is 13.0 Å². The maximum atomic E-state index is 13.6. The fourth-order valence-corrected chi connectivity index (χ4v) is 1.91. The Morgan fingerprint density at radius 1 is 1.43 bits per heavy atom. The molecule has 2 N–H and O–H groups in total. The Morgan fingerprint density at radius 3 is 2.57 bits per heavy atom. The molecule has 0 bridgehead atoms. The van der Waals surface area contributed by atoms with Crippen LogP contribution in [0.3, 0.4) is 0 Å². The van der Waals surface area contributed by atoms with Crippen molar-refractivity contribution in [1.29, 1.82) is 0 Å². The molecule has 0 aliphatic rings. The number of hydrogen-bond donors (Lipinski definition) is 2. The number of halogens is 1. The van der Waals surface area contributed by atoms with Crippen LogP contribution in [0.1, 0.15) is 26.3 Å². The summed E-state index contributed by atoms with van der Waals surface area (Å²) < 4.78 is 18.4. The van der Waals surface area contributed by atoms with Crippen LogP contribution in [0.15, 0.2) is 18.2 Å². The minimum absolute atomic E-state index is 0.0350. The number of aliphatic hydroxyl groups is 1. The van der Waals surface area contributed by atoms with Crippen molar-refractivity contribution in [2.24, 2.45) is 0 Å². The summed E-state index contributed by atoms with van der Waals surface area (Å²) in [6.07, 6.45) is -0.600. The van der Waals surface area contributed by atoms with Gasteiger partial charge in [0, 0.05) is 19.1 Å². The van der Waals surface area contributed by atoms with Crippen molar-refractivity contribution in [1.82, 2.24) is 10.2 Å². The summed E-state index contributed by atoms with van der Waals surface area (Å²) in [5.74, 6) is -0.295. The van der Waals surface area contributed by atoms with Crippen LogP contribution in [0.25, 0.3) is 0 Å². The first-order valence-corrected chi connectivity index (χ1v) is 6.90. The highest BCUT2D eigenvalue weighted by Crippen LogP contribution is 2.17. The number of methoxy groups -OCH3 is 1. The number of aliphatic hydroxyl groups excluding tert-OH is 1. The number of nitrogens with zero attached hydrogens (tertiary/aromatic N) is 1. The molecule has 118 valence electrons. The zero-order valence-corrected chi connectivity index (χ0v) is 12.9. The molecule has 1 unspecified atom stereocenters. The second-order valence-corrected chi connectivity index (χ2v) is 5.22. The number of hydrogen-bond acceptors (Lipinski definition) is 3. The van der Waals surface area contributed by atoms with Crippen molar-refractivity contribution < 1.29 is 19.0 Å². The molecule has 0 fully saturated rings. The smallest absolute Gasteiger partial charge is 0.317 e. The molecule has 0 aliphatic heterocycles. The second-order valence-electron chi connectivity index (χ2n) is 5.22. The molecular weight excluding hydrogens is 275 g/mol. The van der Waals surface area contributed by atoms with Gasteiger partial charge in [0.1, 0.15) is 0 Å². The Morgan fingerprint density at radius 2 is 2.10 bits per heavy atom. The summed E-state index contributed by atoms with van der Waals surface area (Å²) in [5, 5.41) is 12.1. The quantitative estimate of drug-likeness (QED) is 0.846. The zero-order valence-electron chi connectivity index (χ0n) is 12.9. The van der Waals surface area contributed by atoms with Gasteiger partial charge in [-0.3, -0.25) is 0 Å². The van der Waals surface area contributed by atoms with Crippen molar-refractivity contribution in [2.75, 3.05) is 13.7 Å². The average molecular weight is 298 g/mol. The largest absolute Gasteiger partial charge is 0.494 e. The number of benzene rings is 1. The normalized spacial score (nSPS) is 12.1. The van der Waals surface area contributed by atoms with Gasteiger partial charge in [0.25, 0.3) is 0 Å². The van der Waals surface area contributed by atoms with Crippen LogP contribution in [0.2, 0.25) is 0 Å². The first kappa shape index (κ1) is 17.2. The van der Waals surface area contributed by atoms with Crippen LogP contribution in [-0.2, 0) is 6.54 Å². The van der Waals surface area contributed by atoms with E-state index in [-0.39, 0.29) is 30.9 Å². The van der Waals surface area contributed by atoms with Crippen molar-refractivity contribution in [3.63, 3.8) is 0 Å². The van der Waals surface area contributed by atoms with E-state index in [0.717, 1.165) is 0 Å². The topological polar surface area (TPSA) is 61.8 Å². The molecule has 0 saturated carbocycles. The monoisotopic (exact) mass is 298 g/mol. The van der Waals surface area contributed by atoms with Crippen LogP contribution >= 0.6 is 0 Å². The number of amides is 2. The van der Waals surface area contributed by atoms with E-state index >= 15 is 0 Å². The minimum Gasteiger partial charge on any atom is -0.494 e. The summed E-state index contributed by atoms with van der Waals surface area (Å²) >= 11 is 0. The van der Waals surface area contributed by atoms with Gasteiger partial charge < -0.3 is 20.1 Å². The number of ether oxygens (including phenoxy) is 1. The third-order valence-corrected chi connectivity index (χ3v) is 3.01. The Kier molecular flexibility index (Phi) is 6.42. The molecule has 0 radical (unpaired) electrons. The lowest BCUT2D eigenvalue weighted by Crippen LogP contribution is -2.46. The summed E-state index contributed by atoms with van der Waals surface area (Å²) in [6, 6.07) is 4.21. The Labute approximate surface area is 124 Å². The van der Waals surface area contributed by atoms with Gasteiger partial charge >= 0.3 is 6.03 Å². The molecule has 2 amide bonds. The summed E-state index contributed by atoms with van der Waals surface area (Å²) in [6.45, 7) is 5.83. The molecular formula is C15H23FN2O3. The van der Waals surface area contributed by atoms with Gasteiger partial charge in [0.15, 0.2) is 11.6 Å². The third-order valence-electron chi connectivity index (χ3n) is 3.01. The molecule has 21 heavy (non-hydrogen) atoms. The van der Waals surface area contributed by atoms with Crippen molar-refractivity contribution >= 4 is 6.03 Å². The van der Waals surface area contributed by atoms with E-state index in [1.165, 1.54) is 24.1 Å². The first-order valence-electron chi connectivity index (χ1n) is 6.90. The zero-order chi connectivity index (χ0) is 16.0. The third kappa shape index (κ3) is 5.23. The maximum Gasteiger partial charge on any atom is 0.317 e. The fourth-order valence-electron chi connectivity index (χ4n) is 1.91. The number of nitrogens with one attached hydrogen (secondary N) is 1. The van der Waals surface area contributed by atoms with Crippen molar-refractivity contribution in [2.45, 2.75) is 39.5 Å². The van der Waals surface area contributed by atoms with Crippen molar-refractivity contribution in [3.8, 4) is 5.75 Å². The van der Waals surface area contributed by atoms with E-state index in [4.69, 9.17) is 4.74 Å². The Hall–Kier alpha value is -1.82. The van der Waals surface area contributed by atoms with Gasteiger partial charge in [-0.05, 0) is 38.5 Å². The SMILES string of the molecule is COc1ccc(CNC(=O)N(CC(C)O)C(C)C)cc1F. The van der Waals surface area contributed by atoms with Gasteiger partial charge in [-0.1, -0.05) is 6.07 Å². The molecule has 5 nitrogen and oxygen atoms in total. The molecule has 0 aromatic heterocycles. The summed E-state index contributed by atoms with van der Waals surface area (Å²) in [7, 11) is 1.40. The van der Waals surface area contributed by atoms with Crippen LogP contribution in [0, 0.1) is 5.82 Å². The standard InChI is InChI=1S/C15H23FN2O3/c1-10(2)18(9-11(3)19)15(20)17-8-12-5-6-14(21-4)13(16)7-12/h5-7,10-11,19H,8-9H2,1-4H3,(H,17,20). The van der Waals surface area contributed by atoms with Gasteiger partial charge in [-0.25, -0.2) is 9.18 Å². The molecule has 0 saturated heterocycles. The van der Waals surface area contributed by atoms with Crippen LogP contribution in [0.5, 0.6) is 5.75 Å². The molecule has 0 spiro atoms. The van der Waals surface area contributed by atoms with Gasteiger partial charge in [-0.15, -0.1) is 0 Å². The minimum atomic E-state index is -0.600. The molecule has 6 heteroatoms. The van der Waals surface area contributed by atoms with E-state index in [1.807, 2.05) is 13.8 Å². The van der Waals surface area contributed by atoms with E-state index in [9.17, 15) is 14.3 Å². The van der Waals surface area contributed by atoms with E-state index in [0.29, 0.717) is 5.56 Å². The molecule has 1 atom stereocenters. The highest BCUT2D eigenvalue weighted by atomic mass is 19.1. The maximum absolute atomic E-state index is 13.6. The molecule has 1 aromatic carbocycles. The number of carbonyl (C=O) groups excluding carboxylic acids is 1. The van der Waals surface area contributed by atoms with Crippen LogP contribution in [0.4, 0.5) is 9.18 Å². The van der Waals surface area contributed by atoms with E-state index < -0.39 is 11.9 Å². The lowest BCUT2D eigenvalue weighted by molar-refractivity contribution is 0.118. The van der Waals surface area contributed by atoms with Crippen LogP contribution < -0.4 is 10.1 Å². The van der Waals surface area contributed by atoms with Gasteiger partial charge in [0.05, 0.1) is 13.2 Å². The van der Waals surface area contributed by atoms with Gasteiger partial charge in [0.2, 0.25) is 0 Å². The van der Waals surface area contributed by atoms with E-state index in [2.05, 4.69) is 5.32 Å². The van der Waals surface area contributed by atoms with Gasteiger partial charge in [-0.2, -0.15) is 0 Å².